The monoisotopic (exact) mass is 409 g/mol. The predicted molar refractivity (Wildman–Crippen MR) is 109 cm³/mol. The molecule has 2 aromatic heterocycles. The average molecular weight is 409 g/mol. The third-order valence-electron chi connectivity index (χ3n) is 5.68. The van der Waals surface area contributed by atoms with Crippen molar-refractivity contribution in [2.75, 3.05) is 5.32 Å². The van der Waals surface area contributed by atoms with Crippen molar-refractivity contribution >= 4 is 34.6 Å². The van der Waals surface area contributed by atoms with E-state index >= 15 is 0 Å². The predicted octanol–water partition coefficient (Wildman–Crippen LogP) is 2.62. The number of hydrogen-bond donors (Lipinski definition) is 2. The number of ketones is 1. The molecule has 9 nitrogen and oxygen atoms in total. The Labute approximate surface area is 172 Å². The number of aryl methyl sites for hydroxylation is 1. The highest BCUT2D eigenvalue weighted by Gasteiger charge is 2.30. The number of nitrogens with one attached hydrogen (secondary N) is 1. The second kappa shape index (κ2) is 8.10. The molecule has 1 aliphatic carbocycles. The van der Waals surface area contributed by atoms with Crippen LogP contribution < -0.4 is 11.1 Å². The molecule has 0 aliphatic heterocycles. The number of carbonyl (C=O) groups is 3. The molecule has 4 rings (SSSR count). The highest BCUT2D eigenvalue weighted by Crippen LogP contribution is 2.34. The van der Waals surface area contributed by atoms with Crippen LogP contribution in [0.2, 0.25) is 0 Å². The minimum absolute atomic E-state index is 0.0453. The van der Waals surface area contributed by atoms with E-state index in [1.165, 1.54) is 12.3 Å². The minimum Gasteiger partial charge on any atom is -0.370 e. The van der Waals surface area contributed by atoms with Crippen LogP contribution in [0.5, 0.6) is 0 Å². The van der Waals surface area contributed by atoms with Gasteiger partial charge in [0.15, 0.2) is 0 Å². The molecule has 3 aromatic rings. The van der Waals surface area contributed by atoms with Crippen molar-refractivity contribution in [1.29, 1.82) is 0 Å². The molecule has 1 aliphatic rings. The van der Waals surface area contributed by atoms with Crippen molar-refractivity contribution in [3.05, 3.63) is 41.8 Å². The molecule has 0 radical (unpaired) electrons. The number of primary amides is 1. The van der Waals surface area contributed by atoms with Gasteiger partial charge >= 0.3 is 0 Å². The van der Waals surface area contributed by atoms with Crippen molar-refractivity contribution in [2.24, 2.45) is 11.7 Å². The molecule has 0 saturated heterocycles. The number of carbonyl (C=O) groups excluding carboxylic acids is 3. The van der Waals surface area contributed by atoms with Crippen LogP contribution in [0.1, 0.15) is 54.6 Å². The Morgan fingerprint density at radius 2 is 2.10 bits per heavy atom. The number of fused-ring (bicyclic) bond motifs is 1. The Hall–Kier alpha value is -3.49. The number of hydrogen-bond acceptors (Lipinski definition) is 6. The highest BCUT2D eigenvalue weighted by molar-refractivity contribution is 6.02. The lowest BCUT2D eigenvalue weighted by atomic mass is 9.76. The van der Waals surface area contributed by atoms with E-state index in [1.807, 2.05) is 25.1 Å². The highest BCUT2D eigenvalue weighted by atomic mass is 16.5. The molecule has 2 amide bonds. The zero-order valence-electron chi connectivity index (χ0n) is 16.6. The van der Waals surface area contributed by atoms with Gasteiger partial charge in [0.25, 0.3) is 5.91 Å². The van der Waals surface area contributed by atoms with Gasteiger partial charge in [-0.1, -0.05) is 24.6 Å². The van der Waals surface area contributed by atoms with Gasteiger partial charge in [-0.25, -0.2) is 4.98 Å². The summed E-state index contributed by atoms with van der Waals surface area (Å²) < 4.78 is 6.60. The molecule has 0 bridgehead atoms. The van der Waals surface area contributed by atoms with Gasteiger partial charge in [0, 0.05) is 30.9 Å². The van der Waals surface area contributed by atoms with Crippen molar-refractivity contribution in [3.63, 3.8) is 0 Å². The first-order valence-electron chi connectivity index (χ1n) is 9.98. The molecule has 1 atom stereocenters. The fraction of sp³-hybridized carbons (Fsp3) is 0.381. The molecule has 2 heterocycles. The molecule has 1 saturated carbocycles. The van der Waals surface area contributed by atoms with Crippen molar-refractivity contribution in [2.45, 2.75) is 45.1 Å². The van der Waals surface area contributed by atoms with Crippen molar-refractivity contribution in [1.82, 2.24) is 14.7 Å². The Bertz CT molecular complexity index is 1100. The van der Waals surface area contributed by atoms with Gasteiger partial charge in [-0.15, -0.1) is 0 Å². The normalized spacial score (nSPS) is 15.0. The van der Waals surface area contributed by atoms with Gasteiger partial charge in [-0.2, -0.15) is 0 Å². The molecule has 1 unspecified atom stereocenters. The van der Waals surface area contributed by atoms with Crippen LogP contribution in [0.4, 0.5) is 5.95 Å². The fourth-order valence-electron chi connectivity index (χ4n) is 3.67. The molecular formula is C21H23N5O4. The molecule has 156 valence electrons. The van der Waals surface area contributed by atoms with Gasteiger partial charge in [0.05, 0.1) is 17.2 Å². The van der Waals surface area contributed by atoms with E-state index in [2.05, 4.69) is 15.5 Å². The smallest absolute Gasteiger partial charge is 0.296 e. The van der Waals surface area contributed by atoms with Crippen LogP contribution in [-0.2, 0) is 16.1 Å². The van der Waals surface area contributed by atoms with Crippen molar-refractivity contribution < 1.29 is 18.9 Å². The summed E-state index contributed by atoms with van der Waals surface area (Å²) in [7, 11) is 0. The average Bonchev–Trinajstić information content (AvgIpc) is 3.31. The van der Waals surface area contributed by atoms with E-state index in [0.29, 0.717) is 5.52 Å². The van der Waals surface area contributed by atoms with E-state index in [-0.39, 0.29) is 42.3 Å². The first-order valence-corrected chi connectivity index (χ1v) is 9.98. The van der Waals surface area contributed by atoms with E-state index in [1.54, 1.807) is 4.57 Å². The summed E-state index contributed by atoms with van der Waals surface area (Å²) >= 11 is 0. The van der Waals surface area contributed by atoms with Gasteiger partial charge in [0.2, 0.25) is 17.6 Å². The third kappa shape index (κ3) is 3.83. The molecule has 9 heteroatoms. The lowest BCUT2D eigenvalue weighted by Gasteiger charge is -2.26. The van der Waals surface area contributed by atoms with Gasteiger partial charge < -0.3 is 14.8 Å². The summed E-state index contributed by atoms with van der Waals surface area (Å²) in [5, 5.41) is 6.22. The molecule has 0 spiro atoms. The lowest BCUT2D eigenvalue weighted by Crippen LogP contribution is -2.26. The van der Waals surface area contributed by atoms with Crippen LogP contribution in [0.15, 0.2) is 35.0 Å². The Kier molecular flexibility index (Phi) is 5.35. The fourth-order valence-corrected chi connectivity index (χ4v) is 3.67. The van der Waals surface area contributed by atoms with Crippen molar-refractivity contribution in [3.8, 4) is 0 Å². The minimum atomic E-state index is -0.503. The number of nitrogens with zero attached hydrogens (tertiary/aromatic N) is 3. The van der Waals surface area contributed by atoms with E-state index < -0.39 is 11.8 Å². The number of rotatable bonds is 8. The largest absolute Gasteiger partial charge is 0.370 e. The van der Waals surface area contributed by atoms with Crippen LogP contribution in [0.25, 0.3) is 11.0 Å². The zero-order chi connectivity index (χ0) is 21.3. The summed E-state index contributed by atoms with van der Waals surface area (Å²) in [4.78, 5) is 40.9. The summed E-state index contributed by atoms with van der Waals surface area (Å²) in [5.74, 6) is -0.458. The summed E-state index contributed by atoms with van der Waals surface area (Å²) in [6.45, 7) is 2.17. The molecule has 1 fully saturated rings. The molecular weight excluding hydrogens is 386 g/mol. The van der Waals surface area contributed by atoms with E-state index in [9.17, 15) is 14.4 Å². The van der Waals surface area contributed by atoms with Gasteiger partial charge in [0.1, 0.15) is 5.78 Å². The molecule has 1 aromatic carbocycles. The molecule has 3 N–H and O–H groups in total. The van der Waals surface area contributed by atoms with Gasteiger partial charge in [-0.3, -0.25) is 19.7 Å². The van der Waals surface area contributed by atoms with Crippen LogP contribution >= 0.6 is 0 Å². The number of amides is 2. The first-order chi connectivity index (χ1) is 14.4. The maximum atomic E-state index is 12.6. The maximum Gasteiger partial charge on any atom is 0.296 e. The second-order valence-corrected chi connectivity index (χ2v) is 7.63. The quantitative estimate of drug-likeness (QED) is 0.587. The van der Waals surface area contributed by atoms with Crippen LogP contribution in [0.3, 0.4) is 0 Å². The Morgan fingerprint density at radius 3 is 2.73 bits per heavy atom. The molecule has 30 heavy (non-hydrogen) atoms. The first kappa shape index (κ1) is 19.8. The van der Waals surface area contributed by atoms with Crippen LogP contribution in [0, 0.1) is 5.92 Å². The number of benzene rings is 1. The van der Waals surface area contributed by atoms with E-state index in [0.717, 1.165) is 30.3 Å². The number of nitrogens with two attached hydrogens (primary N) is 1. The number of anilines is 1. The van der Waals surface area contributed by atoms with Gasteiger partial charge in [-0.05, 0) is 30.5 Å². The Balaban J connectivity index is 1.66. The lowest BCUT2D eigenvalue weighted by molar-refractivity contribution is -0.126. The number of imidazole rings is 1. The topological polar surface area (TPSA) is 133 Å². The van der Waals surface area contributed by atoms with Crippen LogP contribution in [-0.4, -0.2) is 32.3 Å². The summed E-state index contributed by atoms with van der Waals surface area (Å²) in [6.07, 6.45) is 4.50. The third-order valence-corrected chi connectivity index (χ3v) is 5.68. The second-order valence-electron chi connectivity index (χ2n) is 7.63. The summed E-state index contributed by atoms with van der Waals surface area (Å²) in [5.41, 5.74) is 7.54. The number of aromatic nitrogens is 3. The SMILES string of the molecule is CC(C(=O)C1CCC1)c1ccc2c(c1)nc(NC(=O)c1ccno1)n2CCC(N)=O. The maximum absolute atomic E-state index is 12.6. The summed E-state index contributed by atoms with van der Waals surface area (Å²) in [6, 6.07) is 7.06. The van der Waals surface area contributed by atoms with E-state index in [4.69, 9.17) is 10.3 Å². The zero-order valence-corrected chi connectivity index (χ0v) is 16.6. The number of Topliss-reactive ketones (excluding diaryl/α,β-unsaturated/α-hetero) is 1. The Morgan fingerprint density at radius 1 is 1.30 bits per heavy atom. The standard InChI is InChI=1S/C21H23N5O4/c1-12(19(28)13-3-2-4-13)14-5-6-16-15(11-14)24-21(26(16)10-8-18(22)27)25-20(29)17-7-9-23-30-17/h5-7,9,11-13H,2-4,8,10H2,1H3,(H2,22,27)(H,24,25,29).